The molecule has 1 aliphatic heterocycles. The lowest BCUT2D eigenvalue weighted by molar-refractivity contribution is -0.137. The zero-order chi connectivity index (χ0) is 23.6. The van der Waals surface area contributed by atoms with Crippen LogP contribution >= 0.6 is 0 Å². The molecule has 0 bridgehead atoms. The smallest absolute Gasteiger partial charge is 0.356 e. The van der Waals surface area contributed by atoms with Gasteiger partial charge in [0.05, 0.1) is 10.5 Å². The summed E-state index contributed by atoms with van der Waals surface area (Å²) in [5, 5.41) is 2.93. The molecule has 1 saturated heterocycles. The second-order valence-corrected chi connectivity index (χ2v) is 10.2. The third-order valence-electron chi connectivity index (χ3n) is 5.89. The Hall–Kier alpha value is -2.66. The number of hydrogen-bond donors (Lipinski definition) is 2. The first-order valence-electron chi connectivity index (χ1n) is 10.8. The summed E-state index contributed by atoms with van der Waals surface area (Å²) in [5.41, 5.74) is -0.531. The predicted octanol–water partition coefficient (Wildman–Crippen LogP) is 3.19. The Bertz CT molecular complexity index is 1090. The van der Waals surface area contributed by atoms with Crippen molar-refractivity contribution in [2.45, 2.75) is 42.8 Å². The van der Waals surface area contributed by atoms with Gasteiger partial charge in [0.25, 0.3) is 5.91 Å². The topological polar surface area (TPSA) is 91.4 Å². The molecule has 1 saturated carbocycles. The van der Waals surface area contributed by atoms with Crippen molar-refractivity contribution in [1.29, 1.82) is 0 Å². The Morgan fingerprint density at radius 3 is 2.42 bits per heavy atom. The number of pyridine rings is 1. The highest BCUT2D eigenvalue weighted by Crippen LogP contribution is 2.30. The molecule has 0 atom stereocenters. The Balaban J connectivity index is 1.32. The Kier molecular flexibility index (Phi) is 6.62. The third kappa shape index (κ3) is 6.02. The largest absolute Gasteiger partial charge is 0.417 e. The molecule has 2 N–H and O–H groups in total. The van der Waals surface area contributed by atoms with Crippen LogP contribution in [0.3, 0.4) is 0 Å². The molecule has 2 aromatic rings. The summed E-state index contributed by atoms with van der Waals surface area (Å²) in [6, 6.07) is 8.17. The quantitative estimate of drug-likeness (QED) is 0.633. The van der Waals surface area contributed by atoms with E-state index in [2.05, 4.69) is 15.0 Å². The molecule has 2 aliphatic rings. The summed E-state index contributed by atoms with van der Waals surface area (Å²) >= 11 is 0. The van der Waals surface area contributed by atoms with Crippen molar-refractivity contribution in [2.24, 2.45) is 5.92 Å². The van der Waals surface area contributed by atoms with Gasteiger partial charge in [0.15, 0.2) is 0 Å². The van der Waals surface area contributed by atoms with Crippen molar-refractivity contribution < 1.29 is 26.4 Å². The molecule has 1 aromatic heterocycles. The minimum absolute atomic E-state index is 0.0546. The lowest BCUT2D eigenvalue weighted by Crippen LogP contribution is -2.45. The van der Waals surface area contributed by atoms with Crippen LogP contribution in [0, 0.1) is 5.92 Å². The summed E-state index contributed by atoms with van der Waals surface area (Å²) in [6.45, 7) is 1.47. The van der Waals surface area contributed by atoms with Gasteiger partial charge in [-0.3, -0.25) is 4.79 Å². The molecule has 178 valence electrons. The second kappa shape index (κ2) is 9.30. The van der Waals surface area contributed by atoms with Gasteiger partial charge in [0, 0.05) is 37.4 Å². The molecule has 4 rings (SSSR count). The number of alkyl halides is 3. The van der Waals surface area contributed by atoms with Crippen LogP contribution in [0.2, 0.25) is 0 Å². The molecule has 2 fully saturated rings. The first-order chi connectivity index (χ1) is 15.6. The van der Waals surface area contributed by atoms with Crippen molar-refractivity contribution >= 4 is 21.7 Å². The number of hydrogen-bond acceptors (Lipinski definition) is 5. The fourth-order valence-electron chi connectivity index (χ4n) is 3.70. The van der Waals surface area contributed by atoms with Crippen LogP contribution in [0.4, 0.5) is 19.0 Å². The van der Waals surface area contributed by atoms with Crippen molar-refractivity contribution in [1.82, 2.24) is 15.0 Å². The zero-order valence-corrected chi connectivity index (χ0v) is 18.6. The molecule has 7 nitrogen and oxygen atoms in total. The standard InChI is InChI=1S/C22H25F3N4O3S/c23-22(24,25)17-6-7-20(26-14-17)29-10-8-18(9-11-29)28-21(30)16-2-1-3-19(12-16)33(31,32)27-13-15-4-5-15/h1-3,6-7,12,14-15,18,27H,4-5,8-11,13H2,(H,28,30). The lowest BCUT2D eigenvalue weighted by atomic mass is 10.0. The normalized spacial score (nSPS) is 17.7. The molecular weight excluding hydrogens is 457 g/mol. The van der Waals surface area contributed by atoms with Crippen LogP contribution in [0.15, 0.2) is 47.5 Å². The fraction of sp³-hybridized carbons (Fsp3) is 0.455. The van der Waals surface area contributed by atoms with Gasteiger partial charge in [-0.15, -0.1) is 0 Å². The molecule has 2 heterocycles. The Morgan fingerprint density at radius 1 is 1.09 bits per heavy atom. The van der Waals surface area contributed by atoms with E-state index >= 15 is 0 Å². The molecule has 11 heteroatoms. The van der Waals surface area contributed by atoms with Crippen molar-refractivity contribution in [3.05, 3.63) is 53.7 Å². The number of nitrogens with one attached hydrogen (secondary N) is 2. The zero-order valence-electron chi connectivity index (χ0n) is 17.8. The van der Waals surface area contributed by atoms with E-state index in [1.165, 1.54) is 18.2 Å². The van der Waals surface area contributed by atoms with Crippen LogP contribution in [-0.2, 0) is 16.2 Å². The molecule has 0 radical (unpaired) electrons. The van der Waals surface area contributed by atoms with Crippen LogP contribution in [0.1, 0.15) is 41.6 Å². The van der Waals surface area contributed by atoms with Crippen molar-refractivity contribution in [3.63, 3.8) is 0 Å². The van der Waals surface area contributed by atoms with Crippen LogP contribution in [0.5, 0.6) is 0 Å². The number of aromatic nitrogens is 1. The molecule has 0 unspecified atom stereocenters. The highest BCUT2D eigenvalue weighted by Gasteiger charge is 2.31. The maximum Gasteiger partial charge on any atom is 0.417 e. The van der Waals surface area contributed by atoms with Crippen molar-refractivity contribution in [3.8, 4) is 0 Å². The average Bonchev–Trinajstić information content (AvgIpc) is 3.63. The van der Waals surface area contributed by atoms with Gasteiger partial charge in [-0.1, -0.05) is 6.07 Å². The summed E-state index contributed by atoms with van der Waals surface area (Å²) in [4.78, 5) is 18.5. The van der Waals surface area contributed by atoms with E-state index in [1.54, 1.807) is 12.1 Å². The summed E-state index contributed by atoms with van der Waals surface area (Å²) < 4.78 is 65.6. The minimum atomic E-state index is -4.42. The Labute approximate surface area is 190 Å². The van der Waals surface area contributed by atoms with E-state index in [4.69, 9.17) is 0 Å². The number of anilines is 1. The monoisotopic (exact) mass is 482 g/mol. The van der Waals surface area contributed by atoms with Crippen LogP contribution < -0.4 is 14.9 Å². The molecule has 33 heavy (non-hydrogen) atoms. The van der Waals surface area contributed by atoms with E-state index in [0.717, 1.165) is 25.1 Å². The second-order valence-electron chi connectivity index (χ2n) is 8.46. The predicted molar refractivity (Wildman–Crippen MR) is 116 cm³/mol. The average molecular weight is 483 g/mol. The number of carbonyl (C=O) groups excluding carboxylic acids is 1. The number of piperidine rings is 1. The van der Waals surface area contributed by atoms with E-state index in [0.29, 0.717) is 44.2 Å². The molecular formula is C22H25F3N4O3S. The number of benzene rings is 1. The maximum absolute atomic E-state index is 12.7. The SMILES string of the molecule is O=C(NC1CCN(c2ccc(C(F)(F)F)cn2)CC1)c1cccc(S(=O)(=O)NCC2CC2)c1. The van der Waals surface area contributed by atoms with E-state index in [1.807, 2.05) is 4.90 Å². The Morgan fingerprint density at radius 2 is 1.82 bits per heavy atom. The van der Waals surface area contributed by atoms with Crippen molar-refractivity contribution in [2.75, 3.05) is 24.5 Å². The number of sulfonamides is 1. The van der Waals surface area contributed by atoms with Gasteiger partial charge in [-0.2, -0.15) is 13.2 Å². The van der Waals surface area contributed by atoms with Crippen LogP contribution in [0.25, 0.3) is 0 Å². The minimum Gasteiger partial charge on any atom is -0.356 e. The highest BCUT2D eigenvalue weighted by atomic mass is 32.2. The van der Waals surface area contributed by atoms with Gasteiger partial charge in [-0.05, 0) is 61.9 Å². The molecule has 1 aliphatic carbocycles. The highest BCUT2D eigenvalue weighted by molar-refractivity contribution is 7.89. The van der Waals surface area contributed by atoms with Crippen LogP contribution in [-0.4, -0.2) is 45.0 Å². The number of rotatable bonds is 7. The third-order valence-corrected chi connectivity index (χ3v) is 7.32. The van der Waals surface area contributed by atoms with Gasteiger partial charge >= 0.3 is 6.18 Å². The first-order valence-corrected chi connectivity index (χ1v) is 12.3. The number of amides is 1. The molecule has 1 amide bonds. The maximum atomic E-state index is 12.7. The van der Waals surface area contributed by atoms with E-state index in [9.17, 15) is 26.4 Å². The van der Waals surface area contributed by atoms with E-state index in [-0.39, 0.29) is 22.4 Å². The van der Waals surface area contributed by atoms with Gasteiger partial charge in [0.1, 0.15) is 5.82 Å². The van der Waals surface area contributed by atoms with Gasteiger partial charge in [-0.25, -0.2) is 18.1 Å². The summed E-state index contributed by atoms with van der Waals surface area (Å²) in [5.74, 6) is 0.500. The number of nitrogens with zero attached hydrogens (tertiary/aromatic N) is 2. The summed E-state index contributed by atoms with van der Waals surface area (Å²) in [7, 11) is -3.67. The first kappa shape index (κ1) is 23.5. The molecule has 1 aromatic carbocycles. The summed E-state index contributed by atoms with van der Waals surface area (Å²) in [6.07, 6.45) is -0.362. The number of halogens is 3. The molecule has 0 spiro atoms. The van der Waals surface area contributed by atoms with Gasteiger partial charge < -0.3 is 10.2 Å². The number of carbonyl (C=O) groups is 1. The van der Waals surface area contributed by atoms with E-state index < -0.39 is 21.8 Å². The lowest BCUT2D eigenvalue weighted by Gasteiger charge is -2.33. The van der Waals surface area contributed by atoms with Gasteiger partial charge in [0.2, 0.25) is 10.0 Å². The fourth-order valence-corrected chi connectivity index (χ4v) is 4.86.